The molecule has 1 aromatic carbocycles. The van der Waals surface area contributed by atoms with E-state index in [1.54, 1.807) is 6.92 Å². The molecule has 1 amide bonds. The zero-order valence-electron chi connectivity index (χ0n) is 10.6. The lowest BCUT2D eigenvalue weighted by atomic mass is 10.1. The SMILES string of the molecule is CC(OC(=O)c1ccc(C#N)cc1)C(=O)NC1CC1. The molecule has 0 radical (unpaired) electrons. The maximum atomic E-state index is 11.8. The van der Waals surface area contributed by atoms with E-state index in [2.05, 4.69) is 5.32 Å². The van der Waals surface area contributed by atoms with Gasteiger partial charge in [-0.1, -0.05) is 0 Å². The van der Waals surface area contributed by atoms with Gasteiger partial charge < -0.3 is 10.1 Å². The van der Waals surface area contributed by atoms with Crippen LogP contribution in [0.1, 0.15) is 35.7 Å². The fraction of sp³-hybridized carbons (Fsp3) is 0.357. The lowest BCUT2D eigenvalue weighted by Crippen LogP contribution is -2.37. The Kier molecular flexibility index (Phi) is 3.81. The van der Waals surface area contributed by atoms with Crippen LogP contribution in [0.15, 0.2) is 24.3 Å². The van der Waals surface area contributed by atoms with Crippen LogP contribution in [0.4, 0.5) is 0 Å². The molecule has 2 rings (SSSR count). The molecule has 0 heterocycles. The zero-order valence-corrected chi connectivity index (χ0v) is 10.6. The molecule has 1 atom stereocenters. The third-order valence-corrected chi connectivity index (χ3v) is 2.83. The molecular formula is C14H14N2O3. The molecule has 1 aliphatic carbocycles. The van der Waals surface area contributed by atoms with Gasteiger partial charge in [-0.3, -0.25) is 4.79 Å². The number of nitriles is 1. The number of hydrogen-bond donors (Lipinski definition) is 1. The van der Waals surface area contributed by atoms with Gasteiger partial charge in [0.25, 0.3) is 5.91 Å². The highest BCUT2D eigenvalue weighted by molar-refractivity contribution is 5.92. The van der Waals surface area contributed by atoms with Crippen molar-refractivity contribution in [3.63, 3.8) is 0 Å². The highest BCUT2D eigenvalue weighted by atomic mass is 16.5. The molecule has 0 spiro atoms. The number of benzene rings is 1. The Morgan fingerprint density at radius 2 is 2.00 bits per heavy atom. The first-order chi connectivity index (χ1) is 9.10. The topological polar surface area (TPSA) is 79.2 Å². The summed E-state index contributed by atoms with van der Waals surface area (Å²) in [6.07, 6.45) is 1.16. The monoisotopic (exact) mass is 258 g/mol. The van der Waals surface area contributed by atoms with Gasteiger partial charge in [0.2, 0.25) is 0 Å². The normalized spacial score (nSPS) is 15.2. The Labute approximate surface area is 111 Å². The van der Waals surface area contributed by atoms with E-state index < -0.39 is 12.1 Å². The average molecular weight is 258 g/mol. The molecule has 1 saturated carbocycles. The Balaban J connectivity index is 1.91. The number of carbonyl (C=O) groups excluding carboxylic acids is 2. The van der Waals surface area contributed by atoms with Gasteiger partial charge in [0.1, 0.15) is 0 Å². The van der Waals surface area contributed by atoms with Crippen molar-refractivity contribution >= 4 is 11.9 Å². The van der Waals surface area contributed by atoms with Gasteiger partial charge in [0.15, 0.2) is 6.10 Å². The molecule has 1 N–H and O–H groups in total. The molecule has 5 heteroatoms. The van der Waals surface area contributed by atoms with Crippen LogP contribution in [-0.4, -0.2) is 24.0 Å². The minimum absolute atomic E-state index is 0.239. The second-order valence-corrected chi connectivity index (χ2v) is 4.52. The zero-order chi connectivity index (χ0) is 13.8. The number of carbonyl (C=O) groups is 2. The number of nitrogens with one attached hydrogen (secondary N) is 1. The van der Waals surface area contributed by atoms with Crippen molar-refractivity contribution in [1.29, 1.82) is 5.26 Å². The fourth-order valence-electron chi connectivity index (χ4n) is 1.51. The van der Waals surface area contributed by atoms with Gasteiger partial charge in [0.05, 0.1) is 17.2 Å². The minimum atomic E-state index is -0.816. The van der Waals surface area contributed by atoms with Crippen molar-refractivity contribution in [1.82, 2.24) is 5.32 Å². The van der Waals surface area contributed by atoms with E-state index in [0.717, 1.165) is 12.8 Å². The van der Waals surface area contributed by atoms with Crippen molar-refractivity contribution in [3.05, 3.63) is 35.4 Å². The molecular weight excluding hydrogens is 244 g/mol. The Bertz CT molecular complexity index is 527. The van der Waals surface area contributed by atoms with Gasteiger partial charge in [-0.05, 0) is 44.0 Å². The second kappa shape index (κ2) is 5.53. The second-order valence-electron chi connectivity index (χ2n) is 4.52. The molecule has 19 heavy (non-hydrogen) atoms. The van der Waals surface area contributed by atoms with E-state index in [9.17, 15) is 9.59 Å². The first-order valence-electron chi connectivity index (χ1n) is 6.11. The third kappa shape index (κ3) is 3.55. The molecule has 0 saturated heterocycles. The number of ether oxygens (including phenoxy) is 1. The summed E-state index contributed by atoms with van der Waals surface area (Å²) < 4.78 is 5.07. The highest BCUT2D eigenvalue weighted by Crippen LogP contribution is 2.19. The van der Waals surface area contributed by atoms with Crippen molar-refractivity contribution < 1.29 is 14.3 Å². The summed E-state index contributed by atoms with van der Waals surface area (Å²) >= 11 is 0. The van der Waals surface area contributed by atoms with E-state index in [4.69, 9.17) is 10.00 Å². The van der Waals surface area contributed by atoms with Crippen LogP contribution in [0.5, 0.6) is 0 Å². The summed E-state index contributed by atoms with van der Waals surface area (Å²) in [7, 11) is 0. The van der Waals surface area contributed by atoms with Crippen molar-refractivity contribution in [3.8, 4) is 6.07 Å². The van der Waals surface area contributed by atoms with Gasteiger partial charge in [-0.25, -0.2) is 4.79 Å². The van der Waals surface area contributed by atoms with Crippen LogP contribution in [0.2, 0.25) is 0 Å². The summed E-state index contributed by atoms with van der Waals surface area (Å²) in [5.74, 6) is -0.840. The van der Waals surface area contributed by atoms with E-state index in [1.807, 2.05) is 6.07 Å². The summed E-state index contributed by atoms with van der Waals surface area (Å²) in [6.45, 7) is 1.54. The van der Waals surface area contributed by atoms with Gasteiger partial charge in [-0.2, -0.15) is 5.26 Å². The molecule has 1 aliphatic rings. The molecule has 1 unspecified atom stereocenters. The lowest BCUT2D eigenvalue weighted by Gasteiger charge is -2.13. The van der Waals surface area contributed by atoms with Crippen LogP contribution in [-0.2, 0) is 9.53 Å². The number of hydrogen-bond acceptors (Lipinski definition) is 4. The minimum Gasteiger partial charge on any atom is -0.449 e. The van der Waals surface area contributed by atoms with E-state index in [0.29, 0.717) is 11.1 Å². The molecule has 1 aromatic rings. The standard InChI is InChI=1S/C14H14N2O3/c1-9(13(17)16-12-6-7-12)19-14(18)11-4-2-10(8-15)3-5-11/h2-5,9,12H,6-7H2,1H3,(H,16,17). The molecule has 98 valence electrons. The summed E-state index contributed by atoms with van der Waals surface area (Å²) in [5.41, 5.74) is 0.793. The third-order valence-electron chi connectivity index (χ3n) is 2.83. The van der Waals surface area contributed by atoms with Gasteiger partial charge >= 0.3 is 5.97 Å². The van der Waals surface area contributed by atoms with Crippen LogP contribution in [0.3, 0.4) is 0 Å². The lowest BCUT2D eigenvalue weighted by molar-refractivity contribution is -0.129. The largest absolute Gasteiger partial charge is 0.449 e. The molecule has 1 fully saturated rings. The maximum Gasteiger partial charge on any atom is 0.338 e. The first kappa shape index (κ1) is 13.1. The summed E-state index contributed by atoms with van der Waals surface area (Å²) in [6, 6.07) is 8.28. The smallest absolute Gasteiger partial charge is 0.338 e. The van der Waals surface area contributed by atoms with Gasteiger partial charge in [0, 0.05) is 6.04 Å². The average Bonchev–Trinajstić information content (AvgIpc) is 3.22. The van der Waals surface area contributed by atoms with Crippen molar-refractivity contribution in [2.45, 2.75) is 31.9 Å². The number of rotatable bonds is 4. The van der Waals surface area contributed by atoms with Crippen LogP contribution >= 0.6 is 0 Å². The number of amides is 1. The van der Waals surface area contributed by atoms with Crippen LogP contribution in [0.25, 0.3) is 0 Å². The highest BCUT2D eigenvalue weighted by Gasteiger charge is 2.27. The van der Waals surface area contributed by atoms with E-state index >= 15 is 0 Å². The Morgan fingerprint density at radius 3 is 2.53 bits per heavy atom. The van der Waals surface area contributed by atoms with E-state index in [-0.39, 0.29) is 11.9 Å². The molecule has 5 nitrogen and oxygen atoms in total. The molecule has 0 aliphatic heterocycles. The first-order valence-corrected chi connectivity index (χ1v) is 6.11. The number of nitrogens with zero attached hydrogens (tertiary/aromatic N) is 1. The quantitative estimate of drug-likeness (QED) is 0.827. The van der Waals surface area contributed by atoms with E-state index in [1.165, 1.54) is 24.3 Å². The molecule has 0 bridgehead atoms. The van der Waals surface area contributed by atoms with Gasteiger partial charge in [-0.15, -0.1) is 0 Å². The predicted molar refractivity (Wildman–Crippen MR) is 67.2 cm³/mol. The fourth-order valence-corrected chi connectivity index (χ4v) is 1.51. The predicted octanol–water partition coefficient (Wildman–Crippen LogP) is 1.38. The summed E-state index contributed by atoms with van der Waals surface area (Å²) in [4.78, 5) is 23.4. The number of esters is 1. The molecule has 0 aromatic heterocycles. The summed E-state index contributed by atoms with van der Waals surface area (Å²) in [5, 5.41) is 11.4. The van der Waals surface area contributed by atoms with Crippen molar-refractivity contribution in [2.75, 3.05) is 0 Å². The van der Waals surface area contributed by atoms with Crippen LogP contribution in [0, 0.1) is 11.3 Å². The van der Waals surface area contributed by atoms with Crippen LogP contribution < -0.4 is 5.32 Å². The Morgan fingerprint density at radius 1 is 1.37 bits per heavy atom. The Hall–Kier alpha value is -2.35. The maximum absolute atomic E-state index is 11.8. The van der Waals surface area contributed by atoms with Crippen molar-refractivity contribution in [2.24, 2.45) is 0 Å².